The molecule has 35 heavy (non-hydrogen) atoms. The SMILES string of the molecule is CCCCCCCc1ccc(-c2ccc(-c3cc(F)c(C=CC(F)(F)F)c(F)c3)cc2F)c(F)c1. The first-order chi connectivity index (χ1) is 16.6. The lowest BCUT2D eigenvalue weighted by atomic mass is 9.96. The zero-order valence-electron chi connectivity index (χ0n) is 19.2. The van der Waals surface area contributed by atoms with E-state index >= 15 is 0 Å². The molecule has 0 radical (unpaired) electrons. The quantitative estimate of drug-likeness (QED) is 0.205. The molecule has 0 aliphatic rings. The smallest absolute Gasteiger partial charge is 0.206 e. The van der Waals surface area contributed by atoms with Crippen LogP contribution in [0, 0.1) is 23.3 Å². The standard InChI is InChI=1S/C28H25F7/c1-2-3-4-5-6-7-18-8-10-21(24(29)14-18)22-11-9-19(15-25(22)30)20-16-26(31)23(27(32)17-20)12-13-28(33,34)35/h8-17H,2-7H2,1H3. The van der Waals surface area contributed by atoms with E-state index in [-0.39, 0.29) is 28.3 Å². The molecule has 0 heterocycles. The molecule has 0 nitrogen and oxygen atoms in total. The highest BCUT2D eigenvalue weighted by Gasteiger charge is 2.23. The molecular weight excluding hydrogens is 469 g/mol. The van der Waals surface area contributed by atoms with Gasteiger partial charge in [-0.1, -0.05) is 56.9 Å². The predicted octanol–water partition coefficient (Wildman–Crippen LogP) is 9.67. The number of hydrogen-bond acceptors (Lipinski definition) is 0. The summed E-state index contributed by atoms with van der Waals surface area (Å²) in [5.74, 6) is -3.81. The summed E-state index contributed by atoms with van der Waals surface area (Å²) >= 11 is 0. The Balaban J connectivity index is 1.81. The van der Waals surface area contributed by atoms with Gasteiger partial charge in [-0.05, 0) is 59.9 Å². The first kappa shape index (κ1) is 26.5. The molecule has 7 heteroatoms. The number of allylic oxidation sites excluding steroid dienone is 1. The van der Waals surface area contributed by atoms with Gasteiger partial charge in [0.2, 0.25) is 0 Å². The zero-order chi connectivity index (χ0) is 25.6. The summed E-state index contributed by atoms with van der Waals surface area (Å²) in [7, 11) is 0. The van der Waals surface area contributed by atoms with Gasteiger partial charge in [-0.2, -0.15) is 13.2 Å². The highest BCUT2D eigenvalue weighted by molar-refractivity contribution is 5.72. The molecular formula is C28H25F7. The van der Waals surface area contributed by atoms with Crippen LogP contribution in [0.25, 0.3) is 28.3 Å². The van der Waals surface area contributed by atoms with Gasteiger partial charge in [0.05, 0.1) is 0 Å². The molecule has 0 saturated carbocycles. The molecule has 3 aromatic rings. The van der Waals surface area contributed by atoms with Crippen LogP contribution in [-0.4, -0.2) is 6.18 Å². The lowest BCUT2D eigenvalue weighted by Gasteiger charge is -2.11. The lowest BCUT2D eigenvalue weighted by molar-refractivity contribution is -0.0790. The molecule has 3 aromatic carbocycles. The van der Waals surface area contributed by atoms with Gasteiger partial charge in [0.15, 0.2) is 0 Å². The van der Waals surface area contributed by atoms with Gasteiger partial charge in [0, 0.05) is 22.8 Å². The van der Waals surface area contributed by atoms with Crippen LogP contribution < -0.4 is 0 Å². The second-order valence-electron chi connectivity index (χ2n) is 8.40. The Morgan fingerprint density at radius 3 is 1.80 bits per heavy atom. The molecule has 0 bridgehead atoms. The molecule has 0 atom stereocenters. The Labute approximate surface area is 200 Å². The van der Waals surface area contributed by atoms with Gasteiger partial charge in [0.1, 0.15) is 23.3 Å². The number of benzene rings is 3. The van der Waals surface area contributed by atoms with E-state index in [0.717, 1.165) is 55.9 Å². The molecule has 0 saturated heterocycles. The average Bonchev–Trinajstić information content (AvgIpc) is 2.78. The Bertz CT molecular complexity index is 1170. The summed E-state index contributed by atoms with van der Waals surface area (Å²) in [4.78, 5) is 0. The summed E-state index contributed by atoms with van der Waals surface area (Å²) in [5.41, 5.74) is 0.0642. The molecule has 0 aliphatic heterocycles. The van der Waals surface area contributed by atoms with Crippen LogP contribution in [0.5, 0.6) is 0 Å². The van der Waals surface area contributed by atoms with Crippen molar-refractivity contribution in [2.45, 2.75) is 51.6 Å². The second-order valence-corrected chi connectivity index (χ2v) is 8.40. The van der Waals surface area contributed by atoms with Crippen molar-refractivity contribution in [3.63, 3.8) is 0 Å². The van der Waals surface area contributed by atoms with Crippen molar-refractivity contribution in [1.29, 1.82) is 0 Å². The van der Waals surface area contributed by atoms with E-state index in [0.29, 0.717) is 6.08 Å². The highest BCUT2D eigenvalue weighted by atomic mass is 19.4. The third-order valence-corrected chi connectivity index (χ3v) is 5.71. The Morgan fingerprint density at radius 2 is 1.23 bits per heavy atom. The van der Waals surface area contributed by atoms with Crippen molar-refractivity contribution in [2.24, 2.45) is 0 Å². The van der Waals surface area contributed by atoms with Crippen LogP contribution in [0.1, 0.15) is 50.2 Å². The van der Waals surface area contributed by atoms with Gasteiger partial charge in [-0.3, -0.25) is 0 Å². The van der Waals surface area contributed by atoms with Crippen molar-refractivity contribution < 1.29 is 30.7 Å². The largest absolute Gasteiger partial charge is 0.409 e. The number of aryl methyl sites for hydroxylation is 1. The first-order valence-electron chi connectivity index (χ1n) is 11.4. The van der Waals surface area contributed by atoms with Crippen LogP contribution in [0.15, 0.2) is 54.6 Å². The molecule has 0 fully saturated rings. The Morgan fingerprint density at radius 1 is 0.657 bits per heavy atom. The maximum atomic E-state index is 14.9. The van der Waals surface area contributed by atoms with Crippen LogP contribution in [0.3, 0.4) is 0 Å². The fraction of sp³-hybridized carbons (Fsp3) is 0.286. The third kappa shape index (κ3) is 7.20. The van der Waals surface area contributed by atoms with Gasteiger partial charge >= 0.3 is 6.18 Å². The minimum Gasteiger partial charge on any atom is -0.206 e. The number of alkyl halides is 3. The molecule has 3 rings (SSSR count). The fourth-order valence-corrected chi connectivity index (χ4v) is 3.87. The van der Waals surface area contributed by atoms with Gasteiger partial charge in [-0.25, -0.2) is 17.6 Å². The molecule has 0 aromatic heterocycles. The number of halogens is 7. The summed E-state index contributed by atoms with van der Waals surface area (Å²) in [5, 5.41) is 0. The van der Waals surface area contributed by atoms with Crippen molar-refractivity contribution in [1.82, 2.24) is 0 Å². The van der Waals surface area contributed by atoms with E-state index in [9.17, 15) is 30.7 Å². The maximum absolute atomic E-state index is 14.9. The van der Waals surface area contributed by atoms with Gasteiger partial charge < -0.3 is 0 Å². The minimum absolute atomic E-state index is 0.00794. The third-order valence-electron chi connectivity index (χ3n) is 5.71. The fourth-order valence-electron chi connectivity index (χ4n) is 3.87. The number of rotatable bonds is 9. The first-order valence-corrected chi connectivity index (χ1v) is 11.4. The lowest BCUT2D eigenvalue weighted by Crippen LogP contribution is -2.01. The van der Waals surface area contributed by atoms with Crippen LogP contribution in [0.2, 0.25) is 0 Å². The molecule has 0 unspecified atom stereocenters. The molecule has 0 N–H and O–H groups in total. The minimum atomic E-state index is -4.72. The second kappa shape index (κ2) is 11.6. The molecule has 0 amide bonds. The van der Waals surface area contributed by atoms with E-state index < -0.39 is 35.0 Å². The summed E-state index contributed by atoms with van der Waals surface area (Å²) in [6.07, 6.45) is 1.49. The van der Waals surface area contributed by atoms with Crippen LogP contribution >= 0.6 is 0 Å². The normalized spacial score (nSPS) is 12.0. The van der Waals surface area contributed by atoms with E-state index in [1.165, 1.54) is 30.7 Å². The molecule has 0 spiro atoms. The topological polar surface area (TPSA) is 0 Å². The highest BCUT2D eigenvalue weighted by Crippen LogP contribution is 2.32. The summed E-state index contributed by atoms with van der Waals surface area (Å²) < 4.78 is 95.0. The molecule has 0 aliphatic carbocycles. The van der Waals surface area contributed by atoms with Crippen molar-refractivity contribution >= 4 is 6.08 Å². The molecule has 186 valence electrons. The summed E-state index contributed by atoms with van der Waals surface area (Å²) in [6.45, 7) is 2.13. The van der Waals surface area contributed by atoms with E-state index in [4.69, 9.17) is 0 Å². The van der Waals surface area contributed by atoms with Crippen LogP contribution in [0.4, 0.5) is 30.7 Å². The summed E-state index contributed by atoms with van der Waals surface area (Å²) in [6, 6.07) is 9.99. The average molecular weight is 494 g/mol. The van der Waals surface area contributed by atoms with E-state index in [2.05, 4.69) is 6.92 Å². The van der Waals surface area contributed by atoms with Crippen molar-refractivity contribution in [3.05, 3.63) is 89.0 Å². The van der Waals surface area contributed by atoms with Crippen LogP contribution in [-0.2, 0) is 6.42 Å². The number of hydrogen-bond donors (Lipinski definition) is 0. The van der Waals surface area contributed by atoms with E-state index in [1.54, 1.807) is 6.07 Å². The number of unbranched alkanes of at least 4 members (excludes halogenated alkanes) is 4. The van der Waals surface area contributed by atoms with Crippen molar-refractivity contribution in [3.8, 4) is 22.3 Å². The van der Waals surface area contributed by atoms with Gasteiger partial charge in [0.25, 0.3) is 0 Å². The maximum Gasteiger partial charge on any atom is 0.409 e. The van der Waals surface area contributed by atoms with E-state index in [1.807, 2.05) is 0 Å². The monoisotopic (exact) mass is 494 g/mol. The Hall–Kier alpha value is -3.09. The Kier molecular flexibility index (Phi) is 8.76. The van der Waals surface area contributed by atoms with Gasteiger partial charge in [-0.15, -0.1) is 0 Å². The predicted molar refractivity (Wildman–Crippen MR) is 125 cm³/mol. The van der Waals surface area contributed by atoms with Crippen molar-refractivity contribution in [2.75, 3.05) is 0 Å². The zero-order valence-corrected chi connectivity index (χ0v) is 19.2.